The summed E-state index contributed by atoms with van der Waals surface area (Å²) < 4.78 is 0. The molecule has 2 aliphatic rings. The van der Waals surface area contributed by atoms with E-state index in [9.17, 15) is 4.79 Å². The monoisotopic (exact) mass is 182 g/mol. The minimum atomic E-state index is 0.213. The Morgan fingerprint density at radius 3 is 2.54 bits per heavy atom. The molecule has 2 fully saturated rings. The van der Waals surface area contributed by atoms with Crippen molar-refractivity contribution in [3.8, 4) is 0 Å². The van der Waals surface area contributed by atoms with Gasteiger partial charge >= 0.3 is 0 Å². The first-order valence-electron chi connectivity index (χ1n) is 5.30. The van der Waals surface area contributed by atoms with Gasteiger partial charge in [0.05, 0.1) is 0 Å². The van der Waals surface area contributed by atoms with E-state index in [0.717, 1.165) is 12.8 Å². The Balaban J connectivity index is 1.66. The normalized spacial score (nSPS) is 33.3. The van der Waals surface area contributed by atoms with Gasteiger partial charge in [0.15, 0.2) is 0 Å². The van der Waals surface area contributed by atoms with E-state index in [1.165, 1.54) is 25.7 Å². The second kappa shape index (κ2) is 3.66. The number of hydrogen-bond acceptors (Lipinski definition) is 2. The third-order valence-corrected chi connectivity index (χ3v) is 3.13. The molecule has 0 aromatic heterocycles. The number of nitrogens with two attached hydrogens (primary N) is 1. The number of nitrogens with one attached hydrogen (secondary N) is 1. The van der Waals surface area contributed by atoms with E-state index in [0.29, 0.717) is 5.92 Å². The Hall–Kier alpha value is -0.570. The molecule has 2 unspecified atom stereocenters. The fourth-order valence-corrected chi connectivity index (χ4v) is 2.12. The Labute approximate surface area is 79.1 Å². The summed E-state index contributed by atoms with van der Waals surface area (Å²) >= 11 is 0. The van der Waals surface area contributed by atoms with E-state index in [1.807, 2.05) is 0 Å². The maximum absolute atomic E-state index is 11.4. The highest BCUT2D eigenvalue weighted by Crippen LogP contribution is 2.27. The van der Waals surface area contributed by atoms with Crippen LogP contribution in [0.25, 0.3) is 0 Å². The summed E-state index contributed by atoms with van der Waals surface area (Å²) in [7, 11) is 0. The number of rotatable bonds is 3. The molecule has 13 heavy (non-hydrogen) atoms. The molecule has 0 heterocycles. The van der Waals surface area contributed by atoms with Crippen LogP contribution in [0.3, 0.4) is 0 Å². The topological polar surface area (TPSA) is 55.1 Å². The van der Waals surface area contributed by atoms with Gasteiger partial charge in [0.25, 0.3) is 0 Å². The average molecular weight is 182 g/mol. The molecule has 74 valence electrons. The first-order valence-corrected chi connectivity index (χ1v) is 5.30. The van der Waals surface area contributed by atoms with Crippen LogP contribution in [0.4, 0.5) is 0 Å². The SMILES string of the molecule is NC1CC1NC(=O)CC1CCCC1. The van der Waals surface area contributed by atoms with Crippen LogP contribution < -0.4 is 11.1 Å². The zero-order valence-corrected chi connectivity index (χ0v) is 7.96. The average Bonchev–Trinajstić information content (AvgIpc) is 2.61. The van der Waals surface area contributed by atoms with Crippen molar-refractivity contribution in [2.45, 2.75) is 50.6 Å². The summed E-state index contributed by atoms with van der Waals surface area (Å²) in [6.07, 6.45) is 6.79. The van der Waals surface area contributed by atoms with Crippen molar-refractivity contribution in [3.63, 3.8) is 0 Å². The van der Waals surface area contributed by atoms with E-state index in [1.54, 1.807) is 0 Å². The van der Waals surface area contributed by atoms with E-state index in [-0.39, 0.29) is 18.0 Å². The third-order valence-electron chi connectivity index (χ3n) is 3.13. The maximum atomic E-state index is 11.4. The molecule has 0 radical (unpaired) electrons. The van der Waals surface area contributed by atoms with Crippen molar-refractivity contribution in [1.29, 1.82) is 0 Å². The Morgan fingerprint density at radius 2 is 2.00 bits per heavy atom. The largest absolute Gasteiger partial charge is 0.352 e. The Bertz CT molecular complexity index is 199. The standard InChI is InChI=1S/C10H18N2O/c11-8-6-9(8)12-10(13)5-7-3-1-2-4-7/h7-9H,1-6,11H2,(H,12,13). The van der Waals surface area contributed by atoms with Gasteiger partial charge in [0.1, 0.15) is 0 Å². The van der Waals surface area contributed by atoms with Crippen LogP contribution in [-0.4, -0.2) is 18.0 Å². The molecule has 0 aromatic rings. The number of carbonyl (C=O) groups excluding carboxylic acids is 1. The predicted molar refractivity (Wildman–Crippen MR) is 51.1 cm³/mol. The minimum absolute atomic E-state index is 0.213. The molecule has 1 amide bonds. The molecule has 3 nitrogen and oxygen atoms in total. The van der Waals surface area contributed by atoms with Crippen molar-refractivity contribution in [2.75, 3.05) is 0 Å². The molecule has 2 atom stereocenters. The van der Waals surface area contributed by atoms with Crippen molar-refractivity contribution < 1.29 is 4.79 Å². The molecule has 0 spiro atoms. The molecular formula is C10H18N2O. The lowest BCUT2D eigenvalue weighted by Crippen LogP contribution is -2.30. The molecule has 2 rings (SSSR count). The van der Waals surface area contributed by atoms with E-state index < -0.39 is 0 Å². The summed E-state index contributed by atoms with van der Waals surface area (Å²) in [6.45, 7) is 0. The Morgan fingerprint density at radius 1 is 1.38 bits per heavy atom. The molecule has 3 N–H and O–H groups in total. The highest BCUT2D eigenvalue weighted by molar-refractivity contribution is 5.77. The van der Waals surface area contributed by atoms with Crippen molar-refractivity contribution in [2.24, 2.45) is 11.7 Å². The Kier molecular flexibility index (Phi) is 2.54. The van der Waals surface area contributed by atoms with Crippen LogP contribution in [0.15, 0.2) is 0 Å². The van der Waals surface area contributed by atoms with Gasteiger partial charge in [-0.05, 0) is 25.2 Å². The zero-order chi connectivity index (χ0) is 9.26. The summed E-state index contributed by atoms with van der Waals surface area (Å²) in [5.74, 6) is 0.861. The van der Waals surface area contributed by atoms with Crippen molar-refractivity contribution in [1.82, 2.24) is 5.32 Å². The van der Waals surface area contributed by atoms with Gasteiger partial charge < -0.3 is 11.1 Å². The van der Waals surface area contributed by atoms with Gasteiger partial charge in [-0.3, -0.25) is 4.79 Å². The van der Waals surface area contributed by atoms with Crippen LogP contribution in [0.2, 0.25) is 0 Å². The summed E-state index contributed by atoms with van der Waals surface area (Å²) in [5.41, 5.74) is 5.61. The quantitative estimate of drug-likeness (QED) is 0.677. The highest BCUT2D eigenvalue weighted by Gasteiger charge is 2.35. The molecule has 2 saturated carbocycles. The predicted octanol–water partition coefficient (Wildman–Crippen LogP) is 0.782. The lowest BCUT2D eigenvalue weighted by atomic mass is 10.0. The van der Waals surface area contributed by atoms with Gasteiger partial charge in [-0.15, -0.1) is 0 Å². The van der Waals surface area contributed by atoms with E-state index >= 15 is 0 Å². The van der Waals surface area contributed by atoms with E-state index in [2.05, 4.69) is 5.32 Å². The van der Waals surface area contributed by atoms with Crippen LogP contribution in [0, 0.1) is 5.92 Å². The van der Waals surface area contributed by atoms with Gasteiger partial charge in [-0.1, -0.05) is 12.8 Å². The third kappa shape index (κ3) is 2.44. The molecular weight excluding hydrogens is 164 g/mol. The molecule has 0 aliphatic heterocycles. The zero-order valence-electron chi connectivity index (χ0n) is 7.96. The van der Waals surface area contributed by atoms with Crippen molar-refractivity contribution >= 4 is 5.91 Å². The summed E-state index contributed by atoms with van der Waals surface area (Å²) in [5, 5.41) is 2.97. The molecule has 0 aromatic carbocycles. The molecule has 0 bridgehead atoms. The fourth-order valence-electron chi connectivity index (χ4n) is 2.12. The van der Waals surface area contributed by atoms with Crippen LogP contribution in [0.1, 0.15) is 38.5 Å². The number of carbonyl (C=O) groups is 1. The molecule has 0 saturated heterocycles. The smallest absolute Gasteiger partial charge is 0.220 e. The second-order valence-corrected chi connectivity index (χ2v) is 4.43. The van der Waals surface area contributed by atoms with Crippen LogP contribution in [0.5, 0.6) is 0 Å². The van der Waals surface area contributed by atoms with Crippen molar-refractivity contribution in [3.05, 3.63) is 0 Å². The second-order valence-electron chi connectivity index (χ2n) is 4.43. The molecule has 3 heteroatoms. The number of hydrogen-bond donors (Lipinski definition) is 2. The van der Waals surface area contributed by atoms with Gasteiger partial charge in [-0.2, -0.15) is 0 Å². The van der Waals surface area contributed by atoms with E-state index in [4.69, 9.17) is 5.73 Å². The van der Waals surface area contributed by atoms with Crippen LogP contribution >= 0.6 is 0 Å². The number of amides is 1. The lowest BCUT2D eigenvalue weighted by molar-refractivity contribution is -0.122. The van der Waals surface area contributed by atoms with Gasteiger partial charge in [0, 0.05) is 18.5 Å². The summed E-state index contributed by atoms with van der Waals surface area (Å²) in [4.78, 5) is 11.4. The fraction of sp³-hybridized carbons (Fsp3) is 0.900. The first-order chi connectivity index (χ1) is 6.25. The minimum Gasteiger partial charge on any atom is -0.352 e. The highest BCUT2D eigenvalue weighted by atomic mass is 16.1. The summed E-state index contributed by atoms with van der Waals surface area (Å²) in [6, 6.07) is 0.515. The first kappa shape index (κ1) is 9.00. The lowest BCUT2D eigenvalue weighted by Gasteiger charge is -2.08. The van der Waals surface area contributed by atoms with Gasteiger partial charge in [-0.25, -0.2) is 0 Å². The van der Waals surface area contributed by atoms with Crippen LogP contribution in [-0.2, 0) is 4.79 Å². The molecule has 2 aliphatic carbocycles. The van der Waals surface area contributed by atoms with Gasteiger partial charge in [0.2, 0.25) is 5.91 Å². The maximum Gasteiger partial charge on any atom is 0.220 e.